The van der Waals surface area contributed by atoms with Crippen LogP contribution in [-0.2, 0) is 4.79 Å². The largest absolute Gasteiger partial charge is 0.315 e. The molecular weight excluding hydrogens is 262 g/mol. The number of nitrogens with zero attached hydrogens (tertiary/aromatic N) is 3. The van der Waals surface area contributed by atoms with E-state index >= 15 is 0 Å². The van der Waals surface area contributed by atoms with E-state index in [1.807, 2.05) is 24.3 Å². The van der Waals surface area contributed by atoms with Crippen molar-refractivity contribution in [1.29, 1.82) is 0 Å². The number of aromatic nitrogens is 2. The molecule has 1 unspecified atom stereocenters. The quantitative estimate of drug-likeness (QED) is 0.742. The molecule has 2 bridgehead atoms. The Balaban J connectivity index is 1.86. The Bertz CT molecular complexity index is 898. The van der Waals surface area contributed by atoms with Crippen molar-refractivity contribution in [1.82, 2.24) is 9.55 Å². The Morgan fingerprint density at radius 2 is 2.14 bits per heavy atom. The van der Waals surface area contributed by atoms with E-state index in [1.165, 1.54) is 5.57 Å². The fourth-order valence-corrected chi connectivity index (χ4v) is 3.72. The van der Waals surface area contributed by atoms with Crippen molar-refractivity contribution in [2.24, 2.45) is 4.99 Å². The highest BCUT2D eigenvalue weighted by Gasteiger charge is 2.38. The van der Waals surface area contributed by atoms with E-state index in [-0.39, 0.29) is 11.9 Å². The molecule has 1 aromatic carbocycles. The van der Waals surface area contributed by atoms with Gasteiger partial charge in [-0.2, -0.15) is 0 Å². The van der Waals surface area contributed by atoms with Gasteiger partial charge in [-0.25, -0.2) is 9.98 Å². The minimum absolute atomic E-state index is 0.100. The lowest BCUT2D eigenvalue weighted by atomic mass is 9.91. The number of fused-ring (bicyclic) bond motifs is 8. The van der Waals surface area contributed by atoms with Gasteiger partial charge in [0.1, 0.15) is 0 Å². The van der Waals surface area contributed by atoms with Crippen molar-refractivity contribution in [3.63, 3.8) is 0 Å². The van der Waals surface area contributed by atoms with Gasteiger partial charge in [0, 0.05) is 12.0 Å². The molecule has 0 radical (unpaired) electrons. The maximum atomic E-state index is 12.3. The molecule has 0 saturated carbocycles. The molecule has 2 aromatic rings. The van der Waals surface area contributed by atoms with Crippen LogP contribution < -0.4 is 0 Å². The van der Waals surface area contributed by atoms with Crippen molar-refractivity contribution < 1.29 is 4.79 Å². The predicted octanol–water partition coefficient (Wildman–Crippen LogP) is 2.96. The minimum Gasteiger partial charge on any atom is -0.315 e. The zero-order valence-electron chi connectivity index (χ0n) is 11.4. The maximum Gasteiger partial charge on any atom is 0.277 e. The second-order valence-electron chi connectivity index (χ2n) is 5.76. The van der Waals surface area contributed by atoms with E-state index in [9.17, 15) is 4.79 Å². The Kier molecular flexibility index (Phi) is 2.02. The van der Waals surface area contributed by atoms with E-state index in [1.54, 1.807) is 0 Å². The molecule has 0 spiro atoms. The molecule has 2 aliphatic heterocycles. The summed E-state index contributed by atoms with van der Waals surface area (Å²) in [6.45, 7) is 0. The Labute approximate surface area is 121 Å². The summed E-state index contributed by atoms with van der Waals surface area (Å²) < 4.78 is 2.27. The average molecular weight is 275 g/mol. The second-order valence-corrected chi connectivity index (χ2v) is 5.76. The standard InChI is InChI=1S/C17H13N3O/c21-17-11-6-2-1-5-10(11)15-9-13(19-17)16-18-12-7-3-4-8-14(12)20(15)16/h2-4,6-8,15H,1,5,9H2. The van der Waals surface area contributed by atoms with Crippen LogP contribution in [0.5, 0.6) is 0 Å². The summed E-state index contributed by atoms with van der Waals surface area (Å²) in [6.07, 6.45) is 6.76. The van der Waals surface area contributed by atoms with Crippen LogP contribution in [0.2, 0.25) is 0 Å². The van der Waals surface area contributed by atoms with E-state index in [4.69, 9.17) is 0 Å². The van der Waals surface area contributed by atoms with Crippen LogP contribution in [0.25, 0.3) is 11.0 Å². The van der Waals surface area contributed by atoms with Crippen molar-refractivity contribution in [2.75, 3.05) is 0 Å². The van der Waals surface area contributed by atoms with E-state index < -0.39 is 0 Å². The molecule has 102 valence electrons. The summed E-state index contributed by atoms with van der Waals surface area (Å²) >= 11 is 0. The number of para-hydroxylation sites is 2. The lowest BCUT2D eigenvalue weighted by Crippen LogP contribution is -2.14. The molecule has 4 heteroatoms. The first-order valence-electron chi connectivity index (χ1n) is 7.32. The molecule has 1 amide bonds. The molecular formula is C17H13N3O. The number of benzene rings is 1. The summed E-state index contributed by atoms with van der Waals surface area (Å²) in [7, 11) is 0. The lowest BCUT2D eigenvalue weighted by Gasteiger charge is -2.21. The van der Waals surface area contributed by atoms with E-state index in [0.29, 0.717) is 0 Å². The third-order valence-corrected chi connectivity index (χ3v) is 4.63. The zero-order valence-corrected chi connectivity index (χ0v) is 11.4. The first-order chi connectivity index (χ1) is 10.3. The molecule has 5 rings (SSSR count). The number of carbonyl (C=O) groups excluding carboxylic acids is 1. The van der Waals surface area contributed by atoms with Crippen LogP contribution in [0.4, 0.5) is 0 Å². The molecule has 0 fully saturated rings. The van der Waals surface area contributed by atoms with Crippen LogP contribution in [0.15, 0.2) is 52.6 Å². The molecule has 1 aliphatic carbocycles. The van der Waals surface area contributed by atoms with Gasteiger partial charge in [0.05, 0.1) is 22.8 Å². The summed E-state index contributed by atoms with van der Waals surface area (Å²) in [5, 5.41) is 0. The fraction of sp³-hybridized carbons (Fsp3) is 0.235. The van der Waals surface area contributed by atoms with Gasteiger partial charge in [0.2, 0.25) is 0 Å². The monoisotopic (exact) mass is 275 g/mol. The summed E-state index contributed by atoms with van der Waals surface area (Å²) in [5.41, 5.74) is 4.98. The van der Waals surface area contributed by atoms with Gasteiger partial charge >= 0.3 is 0 Å². The molecule has 3 heterocycles. The van der Waals surface area contributed by atoms with Crippen molar-refractivity contribution in [3.05, 3.63) is 53.4 Å². The Morgan fingerprint density at radius 3 is 3.10 bits per heavy atom. The number of rotatable bonds is 0. The van der Waals surface area contributed by atoms with Crippen LogP contribution >= 0.6 is 0 Å². The van der Waals surface area contributed by atoms with Crippen LogP contribution in [0.3, 0.4) is 0 Å². The average Bonchev–Trinajstić information content (AvgIpc) is 3.00. The molecule has 3 aliphatic rings. The van der Waals surface area contributed by atoms with Crippen molar-refractivity contribution >= 4 is 22.7 Å². The zero-order chi connectivity index (χ0) is 14.0. The first-order valence-corrected chi connectivity index (χ1v) is 7.32. The van der Waals surface area contributed by atoms with Crippen LogP contribution in [-0.4, -0.2) is 21.2 Å². The van der Waals surface area contributed by atoms with E-state index in [0.717, 1.165) is 47.4 Å². The van der Waals surface area contributed by atoms with Gasteiger partial charge in [-0.3, -0.25) is 4.79 Å². The van der Waals surface area contributed by atoms with Gasteiger partial charge in [-0.15, -0.1) is 0 Å². The van der Waals surface area contributed by atoms with Gasteiger partial charge in [0.15, 0.2) is 5.82 Å². The second kappa shape index (κ2) is 3.79. The number of aliphatic imine (C=N–C) groups is 1. The number of imidazole rings is 1. The number of allylic oxidation sites excluding steroid dienone is 2. The lowest BCUT2D eigenvalue weighted by molar-refractivity contribution is -0.114. The van der Waals surface area contributed by atoms with Gasteiger partial charge in [-0.05, 0) is 30.5 Å². The first kappa shape index (κ1) is 11.2. The molecule has 21 heavy (non-hydrogen) atoms. The molecule has 0 saturated heterocycles. The smallest absolute Gasteiger partial charge is 0.277 e. The summed E-state index contributed by atoms with van der Waals surface area (Å²) in [6, 6.07) is 8.36. The van der Waals surface area contributed by atoms with Gasteiger partial charge in [-0.1, -0.05) is 24.3 Å². The Hall–Kier alpha value is -2.49. The number of amides is 1. The predicted molar refractivity (Wildman–Crippen MR) is 80.3 cm³/mol. The highest BCUT2D eigenvalue weighted by atomic mass is 16.1. The summed E-state index contributed by atoms with van der Waals surface area (Å²) in [5.74, 6) is 0.771. The van der Waals surface area contributed by atoms with Gasteiger partial charge in [0.25, 0.3) is 5.91 Å². The topological polar surface area (TPSA) is 47.2 Å². The van der Waals surface area contributed by atoms with Crippen molar-refractivity contribution in [2.45, 2.75) is 25.3 Å². The number of hydrogen-bond acceptors (Lipinski definition) is 2. The number of carbonyl (C=O) groups is 1. The molecule has 0 N–H and O–H groups in total. The third kappa shape index (κ3) is 1.37. The Morgan fingerprint density at radius 1 is 1.24 bits per heavy atom. The third-order valence-electron chi connectivity index (χ3n) is 4.63. The highest BCUT2D eigenvalue weighted by molar-refractivity contribution is 6.14. The number of hydrogen-bond donors (Lipinski definition) is 0. The highest BCUT2D eigenvalue weighted by Crippen LogP contribution is 2.42. The van der Waals surface area contributed by atoms with Crippen molar-refractivity contribution in [3.8, 4) is 0 Å². The summed E-state index contributed by atoms with van der Waals surface area (Å²) in [4.78, 5) is 21.4. The normalized spacial score (nSPS) is 23.1. The SMILES string of the molecule is O=C1N=C2CC(C3=C1C=CCC3)n1c2nc2ccccc21. The fourth-order valence-electron chi connectivity index (χ4n) is 3.72. The van der Waals surface area contributed by atoms with Gasteiger partial charge < -0.3 is 4.57 Å². The van der Waals surface area contributed by atoms with Crippen LogP contribution in [0.1, 0.15) is 31.1 Å². The van der Waals surface area contributed by atoms with Crippen LogP contribution in [0, 0.1) is 0 Å². The maximum absolute atomic E-state index is 12.3. The molecule has 1 aromatic heterocycles. The molecule has 4 nitrogen and oxygen atoms in total. The minimum atomic E-state index is -0.100. The molecule has 1 atom stereocenters. The van der Waals surface area contributed by atoms with E-state index in [2.05, 4.69) is 26.7 Å².